The van der Waals surface area contributed by atoms with Crippen LogP contribution in [0.5, 0.6) is 0 Å². The summed E-state index contributed by atoms with van der Waals surface area (Å²) in [6.45, 7) is 14.2. The fourth-order valence-electron chi connectivity index (χ4n) is 9.41. The summed E-state index contributed by atoms with van der Waals surface area (Å²) < 4.78 is 89.1. The number of halogens is 6. The molecule has 10 aromatic rings. The number of hydrogen-bond acceptors (Lipinski definition) is 1. The average molecular weight is 865 g/mol. The van der Waals surface area contributed by atoms with Crippen LogP contribution in [0.1, 0.15) is 33.4 Å². The normalized spacial score (nSPS) is 12.0. The number of nitriles is 1. The number of alkyl halides is 6. The van der Waals surface area contributed by atoms with Gasteiger partial charge in [-0.3, -0.25) is 0 Å². The van der Waals surface area contributed by atoms with Gasteiger partial charge in [0.2, 0.25) is 5.69 Å². The zero-order chi connectivity index (χ0) is 45.5. The third kappa shape index (κ3) is 6.77. The quantitative estimate of drug-likeness (QED) is 0.125. The molecule has 0 amide bonds. The van der Waals surface area contributed by atoms with E-state index in [1.807, 2.05) is 107 Å². The second-order valence-electron chi connectivity index (χ2n) is 16.4. The lowest BCUT2D eigenvalue weighted by Crippen LogP contribution is -2.07. The molecule has 0 aliphatic carbocycles. The van der Waals surface area contributed by atoms with Gasteiger partial charge in [-0.25, -0.2) is 4.85 Å². The van der Waals surface area contributed by atoms with Crippen LogP contribution in [-0.2, 0) is 12.4 Å². The van der Waals surface area contributed by atoms with E-state index in [0.717, 1.165) is 50.8 Å². The molecule has 0 aliphatic rings. The molecule has 0 spiro atoms. The van der Waals surface area contributed by atoms with Crippen molar-refractivity contribution in [3.63, 3.8) is 0 Å². The standard InChI is InChI=1S/C55H34F6N4/c1-31-13-17-40(46(25-31)55(59,60)61)36-15-19-45-43-10-6-8-12-48(43)65(51(45)29-36)53-41(37-24-32(2)23-34(27-37)30-62)21-22-49(52(53)63-4)64-47-11-7-5-9-42(47)44-18-14-35(28-50(44)64)39-20-16-38(26-33(39)3)54(56,57)58/h5-29H,1-3H3. The Morgan fingerprint density at radius 1 is 0.508 bits per heavy atom. The molecule has 10 rings (SSSR count). The van der Waals surface area contributed by atoms with Gasteiger partial charge in [0.25, 0.3) is 0 Å². The number of nitrogens with zero attached hydrogens (tertiary/aromatic N) is 4. The van der Waals surface area contributed by atoms with Crippen molar-refractivity contribution in [1.82, 2.24) is 9.13 Å². The van der Waals surface area contributed by atoms with E-state index in [1.165, 1.54) is 12.1 Å². The SMILES string of the molecule is [C-]#[N+]c1c(-n2c3ccccc3c3ccc(-c4ccc(C(F)(F)F)cc4C)cc32)ccc(-c2cc(C)cc(C#N)c2)c1-n1c2ccccc2c2ccc(-c3ccc(C)cc3C(F)(F)F)cc21. The van der Waals surface area contributed by atoms with Crippen molar-refractivity contribution in [2.45, 2.75) is 33.1 Å². The zero-order valence-electron chi connectivity index (χ0n) is 35.0. The van der Waals surface area contributed by atoms with Gasteiger partial charge in [-0.15, -0.1) is 0 Å². The Labute approximate surface area is 369 Å². The fourth-order valence-corrected chi connectivity index (χ4v) is 9.41. The van der Waals surface area contributed by atoms with E-state index in [2.05, 4.69) is 10.9 Å². The molecule has 10 heteroatoms. The Kier molecular flexibility index (Phi) is 9.47. The minimum Gasteiger partial charge on any atom is -0.319 e. The highest BCUT2D eigenvalue weighted by atomic mass is 19.4. The van der Waals surface area contributed by atoms with E-state index in [9.17, 15) is 31.6 Å². The van der Waals surface area contributed by atoms with Crippen molar-refractivity contribution < 1.29 is 26.3 Å². The second-order valence-corrected chi connectivity index (χ2v) is 16.4. The summed E-state index contributed by atoms with van der Waals surface area (Å²) in [7, 11) is 0. The predicted octanol–water partition coefficient (Wildman–Crippen LogP) is 16.3. The molecule has 4 nitrogen and oxygen atoms in total. The van der Waals surface area contributed by atoms with E-state index < -0.39 is 23.5 Å². The van der Waals surface area contributed by atoms with Crippen LogP contribution in [0.25, 0.3) is 93.2 Å². The van der Waals surface area contributed by atoms with Crippen molar-refractivity contribution in [2.24, 2.45) is 0 Å². The van der Waals surface area contributed by atoms with Crippen molar-refractivity contribution in [3.8, 4) is 50.8 Å². The highest BCUT2D eigenvalue weighted by Gasteiger charge is 2.34. The van der Waals surface area contributed by atoms with Crippen molar-refractivity contribution >= 4 is 49.3 Å². The molecule has 8 aromatic carbocycles. The number of para-hydroxylation sites is 2. The van der Waals surface area contributed by atoms with Gasteiger partial charge >= 0.3 is 12.4 Å². The maximum Gasteiger partial charge on any atom is 0.417 e. The van der Waals surface area contributed by atoms with Gasteiger partial charge in [-0.1, -0.05) is 96.6 Å². The first-order chi connectivity index (χ1) is 31.1. The summed E-state index contributed by atoms with van der Waals surface area (Å²) >= 11 is 0. The maximum atomic E-state index is 14.7. The molecule has 0 N–H and O–H groups in total. The highest BCUT2D eigenvalue weighted by Crippen LogP contribution is 2.48. The molecule has 2 aromatic heterocycles. The minimum absolute atomic E-state index is 0.0166. The number of rotatable bonds is 5. The highest BCUT2D eigenvalue weighted by molar-refractivity contribution is 6.13. The Morgan fingerprint density at radius 2 is 1.09 bits per heavy atom. The molecular weight excluding hydrogens is 831 g/mol. The number of aryl methyl sites for hydroxylation is 3. The Hall–Kier alpha value is -8.08. The van der Waals surface area contributed by atoms with Crippen LogP contribution < -0.4 is 0 Å². The molecule has 0 fully saturated rings. The molecule has 0 unspecified atom stereocenters. The third-order valence-corrected chi connectivity index (χ3v) is 12.2. The van der Waals surface area contributed by atoms with Gasteiger partial charge in [0.1, 0.15) is 0 Å². The minimum atomic E-state index is -4.63. The largest absolute Gasteiger partial charge is 0.417 e. The number of aromatic nitrogens is 2. The lowest BCUT2D eigenvalue weighted by molar-refractivity contribution is -0.138. The molecule has 0 saturated heterocycles. The summed E-state index contributed by atoms with van der Waals surface area (Å²) in [5.74, 6) is 0. The Bertz CT molecular complexity index is 3700. The summed E-state index contributed by atoms with van der Waals surface area (Å²) in [5, 5.41) is 13.4. The number of benzene rings is 8. The molecule has 0 atom stereocenters. The molecule has 2 heterocycles. The maximum absolute atomic E-state index is 14.7. The van der Waals surface area contributed by atoms with Gasteiger partial charge < -0.3 is 9.13 Å². The van der Waals surface area contributed by atoms with E-state index in [4.69, 9.17) is 6.57 Å². The van der Waals surface area contributed by atoms with Gasteiger partial charge in [-0.2, -0.15) is 31.6 Å². The van der Waals surface area contributed by atoms with Gasteiger partial charge in [-0.05, 0) is 126 Å². The predicted molar refractivity (Wildman–Crippen MR) is 247 cm³/mol. The first kappa shape index (κ1) is 41.0. The van der Waals surface area contributed by atoms with E-state index in [1.54, 1.807) is 44.2 Å². The van der Waals surface area contributed by atoms with Crippen LogP contribution in [-0.4, -0.2) is 9.13 Å². The van der Waals surface area contributed by atoms with Crippen LogP contribution in [0.3, 0.4) is 0 Å². The Balaban J connectivity index is 1.32. The average Bonchev–Trinajstić information content (AvgIpc) is 3.79. The van der Waals surface area contributed by atoms with E-state index >= 15 is 0 Å². The molecule has 0 aliphatic heterocycles. The molecule has 0 saturated carbocycles. The van der Waals surface area contributed by atoms with Crippen LogP contribution >= 0.6 is 0 Å². The van der Waals surface area contributed by atoms with Crippen LogP contribution in [0.15, 0.2) is 152 Å². The van der Waals surface area contributed by atoms with Crippen LogP contribution in [0.4, 0.5) is 32.0 Å². The van der Waals surface area contributed by atoms with Gasteiger partial charge in [0.15, 0.2) is 0 Å². The van der Waals surface area contributed by atoms with Crippen LogP contribution in [0, 0.1) is 38.7 Å². The second kappa shape index (κ2) is 15.0. The van der Waals surface area contributed by atoms with E-state index in [0.29, 0.717) is 72.4 Å². The van der Waals surface area contributed by atoms with Crippen molar-refractivity contribution in [3.05, 3.63) is 196 Å². The first-order valence-corrected chi connectivity index (χ1v) is 20.6. The molecule has 0 radical (unpaired) electrons. The van der Waals surface area contributed by atoms with Crippen molar-refractivity contribution in [2.75, 3.05) is 0 Å². The number of hydrogen-bond donors (Lipinski definition) is 0. The monoisotopic (exact) mass is 864 g/mol. The van der Waals surface area contributed by atoms with Crippen molar-refractivity contribution in [1.29, 1.82) is 5.26 Å². The molecule has 316 valence electrons. The molecule has 0 bridgehead atoms. The van der Waals surface area contributed by atoms with Gasteiger partial charge in [0, 0.05) is 21.5 Å². The fraction of sp³-hybridized carbons (Fsp3) is 0.0909. The first-order valence-electron chi connectivity index (χ1n) is 20.6. The molecule has 65 heavy (non-hydrogen) atoms. The molecular formula is C55H34F6N4. The topological polar surface area (TPSA) is 38.0 Å². The lowest BCUT2D eigenvalue weighted by Gasteiger charge is -2.21. The van der Waals surface area contributed by atoms with Crippen LogP contribution in [0.2, 0.25) is 0 Å². The smallest absolute Gasteiger partial charge is 0.319 e. The summed E-state index contributed by atoms with van der Waals surface area (Å²) in [4.78, 5) is 4.31. The summed E-state index contributed by atoms with van der Waals surface area (Å²) in [5.41, 5.74) is 7.51. The Morgan fingerprint density at radius 3 is 1.71 bits per heavy atom. The summed E-state index contributed by atoms with van der Waals surface area (Å²) in [6.07, 6.45) is -9.13. The summed E-state index contributed by atoms with van der Waals surface area (Å²) in [6, 6.07) is 45.9. The van der Waals surface area contributed by atoms with E-state index in [-0.39, 0.29) is 11.3 Å². The van der Waals surface area contributed by atoms with Gasteiger partial charge in [0.05, 0.1) is 62.8 Å². The number of fused-ring (bicyclic) bond motifs is 6. The zero-order valence-corrected chi connectivity index (χ0v) is 35.0. The lowest BCUT2D eigenvalue weighted by atomic mass is 9.96. The third-order valence-electron chi connectivity index (χ3n) is 12.2.